The van der Waals surface area contributed by atoms with Crippen LogP contribution in [0.4, 0.5) is 18.9 Å². The van der Waals surface area contributed by atoms with E-state index in [-0.39, 0.29) is 11.2 Å². The first-order valence-corrected chi connectivity index (χ1v) is 6.99. The fourth-order valence-electron chi connectivity index (χ4n) is 2.50. The predicted molar refractivity (Wildman–Crippen MR) is 80.3 cm³/mol. The van der Waals surface area contributed by atoms with Gasteiger partial charge in [0.15, 0.2) is 5.78 Å². The van der Waals surface area contributed by atoms with Gasteiger partial charge < -0.3 is 5.32 Å². The minimum absolute atomic E-state index is 0.0557. The van der Waals surface area contributed by atoms with Crippen LogP contribution in [0.3, 0.4) is 0 Å². The molecule has 0 unspecified atom stereocenters. The zero-order chi connectivity index (χ0) is 16.4. The molecule has 2 nitrogen and oxygen atoms in total. The molecule has 1 aromatic carbocycles. The number of hydrogen-bond donors (Lipinski definition) is 1. The molecule has 0 spiro atoms. The van der Waals surface area contributed by atoms with Crippen molar-refractivity contribution >= 4 is 11.5 Å². The van der Waals surface area contributed by atoms with Gasteiger partial charge in [0.1, 0.15) is 0 Å². The van der Waals surface area contributed by atoms with Gasteiger partial charge in [-0.25, -0.2) is 0 Å². The van der Waals surface area contributed by atoms with Gasteiger partial charge in [-0.2, -0.15) is 13.2 Å². The van der Waals surface area contributed by atoms with E-state index in [2.05, 4.69) is 5.32 Å². The molecule has 1 aromatic rings. The summed E-state index contributed by atoms with van der Waals surface area (Å²) < 4.78 is 37.4. The lowest BCUT2D eigenvalue weighted by atomic mass is 9.77. The molecule has 1 N–H and O–H groups in total. The number of carbonyl (C=O) groups excluding carboxylic acids is 1. The van der Waals surface area contributed by atoms with Crippen LogP contribution in [0.25, 0.3) is 0 Å². The van der Waals surface area contributed by atoms with Crippen molar-refractivity contribution < 1.29 is 18.0 Å². The molecule has 0 fully saturated rings. The third-order valence-corrected chi connectivity index (χ3v) is 3.44. The van der Waals surface area contributed by atoms with Gasteiger partial charge in [-0.3, -0.25) is 4.79 Å². The second kappa shape index (κ2) is 5.99. The van der Waals surface area contributed by atoms with Crippen molar-refractivity contribution in [3.05, 3.63) is 53.8 Å². The fourth-order valence-corrected chi connectivity index (χ4v) is 2.50. The number of nitrogens with one attached hydrogen (secondary N) is 1. The summed E-state index contributed by atoms with van der Waals surface area (Å²) >= 11 is 0. The van der Waals surface area contributed by atoms with Crippen LogP contribution in [0.15, 0.2) is 48.2 Å². The van der Waals surface area contributed by atoms with Gasteiger partial charge in [-0.05, 0) is 53.8 Å². The molecule has 5 heteroatoms. The topological polar surface area (TPSA) is 29.1 Å². The molecule has 0 atom stereocenters. The Bertz CT molecular complexity index is 610. The second-order valence-electron chi connectivity index (χ2n) is 6.26. The maximum absolute atomic E-state index is 12.5. The number of ketones is 1. The molecule has 0 saturated heterocycles. The molecule has 118 valence electrons. The van der Waals surface area contributed by atoms with Gasteiger partial charge in [-0.15, -0.1) is 0 Å². The summed E-state index contributed by atoms with van der Waals surface area (Å²) in [6.07, 6.45) is 2.06. The van der Waals surface area contributed by atoms with Crippen LogP contribution < -0.4 is 5.32 Å². The van der Waals surface area contributed by atoms with Crippen molar-refractivity contribution in [1.82, 2.24) is 0 Å². The second-order valence-corrected chi connectivity index (χ2v) is 6.26. The summed E-state index contributed by atoms with van der Waals surface area (Å²) in [5.41, 5.74) is 0.746. The van der Waals surface area contributed by atoms with E-state index in [0.717, 1.165) is 24.1 Å². The highest BCUT2D eigenvalue weighted by Crippen LogP contribution is 2.34. The van der Waals surface area contributed by atoms with E-state index in [0.29, 0.717) is 12.1 Å². The number of hydrogen-bond acceptors (Lipinski definition) is 2. The maximum Gasteiger partial charge on any atom is 0.416 e. The molecule has 0 radical (unpaired) electrons. The average Bonchev–Trinajstić information content (AvgIpc) is 2.36. The highest BCUT2D eigenvalue weighted by molar-refractivity contribution is 5.92. The fraction of sp³-hybridized carbons (Fsp3) is 0.353. The summed E-state index contributed by atoms with van der Waals surface area (Å²) in [4.78, 5) is 11.6. The summed E-state index contributed by atoms with van der Waals surface area (Å²) in [6, 6.07) is 4.81. The summed E-state index contributed by atoms with van der Waals surface area (Å²) in [6.45, 7) is 4.07. The van der Waals surface area contributed by atoms with Crippen LogP contribution in [0.5, 0.6) is 0 Å². The van der Waals surface area contributed by atoms with Gasteiger partial charge in [-0.1, -0.05) is 13.8 Å². The van der Waals surface area contributed by atoms with Crippen LogP contribution in [-0.4, -0.2) is 5.78 Å². The van der Waals surface area contributed by atoms with Gasteiger partial charge in [0, 0.05) is 18.3 Å². The predicted octanol–water partition coefficient (Wildman–Crippen LogP) is 4.95. The number of rotatable bonds is 3. The maximum atomic E-state index is 12.5. The van der Waals surface area contributed by atoms with E-state index in [1.54, 1.807) is 18.4 Å². The quantitative estimate of drug-likeness (QED) is 0.856. The Morgan fingerprint density at radius 3 is 2.32 bits per heavy atom. The molecular formula is C17H18F3NO. The molecule has 0 saturated carbocycles. The molecule has 1 aliphatic rings. The van der Waals surface area contributed by atoms with Crippen molar-refractivity contribution in [2.24, 2.45) is 5.41 Å². The van der Waals surface area contributed by atoms with E-state index < -0.39 is 11.7 Å². The summed E-state index contributed by atoms with van der Waals surface area (Å²) in [7, 11) is 0. The smallest absolute Gasteiger partial charge is 0.362 e. The van der Waals surface area contributed by atoms with Crippen LogP contribution in [0, 0.1) is 5.41 Å². The first kappa shape index (κ1) is 16.3. The SMILES string of the molecule is CC1(C)CC(=O)C=C(/C=C/Nc2ccc(C(F)(F)F)cc2)C1. The van der Waals surface area contributed by atoms with Gasteiger partial charge in [0.05, 0.1) is 5.56 Å². The Balaban J connectivity index is 1.99. The number of anilines is 1. The van der Waals surface area contributed by atoms with Crippen molar-refractivity contribution in [2.75, 3.05) is 5.32 Å². The third-order valence-electron chi connectivity index (χ3n) is 3.44. The Morgan fingerprint density at radius 2 is 1.77 bits per heavy atom. The van der Waals surface area contributed by atoms with Gasteiger partial charge >= 0.3 is 6.18 Å². The van der Waals surface area contributed by atoms with Crippen LogP contribution in [0.2, 0.25) is 0 Å². The van der Waals surface area contributed by atoms with Gasteiger partial charge in [0.2, 0.25) is 0 Å². The lowest BCUT2D eigenvalue weighted by Crippen LogP contribution is -2.21. The zero-order valence-corrected chi connectivity index (χ0v) is 12.5. The molecule has 0 aliphatic heterocycles. The molecule has 0 heterocycles. The minimum atomic E-state index is -4.33. The number of alkyl halides is 3. The van der Waals surface area contributed by atoms with Crippen LogP contribution >= 0.6 is 0 Å². The van der Waals surface area contributed by atoms with E-state index in [1.807, 2.05) is 13.8 Å². The lowest BCUT2D eigenvalue weighted by Gasteiger charge is -2.27. The van der Waals surface area contributed by atoms with E-state index in [1.165, 1.54) is 12.1 Å². The van der Waals surface area contributed by atoms with E-state index in [9.17, 15) is 18.0 Å². The number of allylic oxidation sites excluding steroid dienone is 3. The summed E-state index contributed by atoms with van der Waals surface area (Å²) in [5.74, 6) is 0.102. The minimum Gasteiger partial charge on any atom is -0.362 e. The highest BCUT2D eigenvalue weighted by Gasteiger charge is 2.30. The molecule has 0 amide bonds. The van der Waals surface area contributed by atoms with Crippen molar-refractivity contribution in [3.8, 4) is 0 Å². The largest absolute Gasteiger partial charge is 0.416 e. The average molecular weight is 309 g/mol. The highest BCUT2D eigenvalue weighted by atomic mass is 19.4. The Kier molecular flexibility index (Phi) is 4.44. The molecule has 2 rings (SSSR count). The van der Waals surface area contributed by atoms with E-state index >= 15 is 0 Å². The third kappa shape index (κ3) is 4.48. The molecular weight excluding hydrogens is 291 g/mol. The number of carbonyl (C=O) groups is 1. The molecule has 22 heavy (non-hydrogen) atoms. The standard InChI is InChI=1S/C17H18F3NO/c1-16(2)10-12(9-15(22)11-16)7-8-21-14-5-3-13(4-6-14)17(18,19)20/h3-9,21H,10-11H2,1-2H3/b8-7+. The Morgan fingerprint density at radius 1 is 1.14 bits per heavy atom. The van der Waals surface area contributed by atoms with Crippen LogP contribution in [-0.2, 0) is 11.0 Å². The molecule has 0 bridgehead atoms. The van der Waals surface area contributed by atoms with Crippen molar-refractivity contribution in [3.63, 3.8) is 0 Å². The van der Waals surface area contributed by atoms with Crippen LogP contribution in [0.1, 0.15) is 32.3 Å². The number of benzene rings is 1. The zero-order valence-electron chi connectivity index (χ0n) is 12.5. The van der Waals surface area contributed by atoms with E-state index in [4.69, 9.17) is 0 Å². The van der Waals surface area contributed by atoms with Crippen molar-refractivity contribution in [2.45, 2.75) is 32.9 Å². The monoisotopic (exact) mass is 309 g/mol. The normalized spacial score (nSPS) is 18.4. The number of halogens is 3. The van der Waals surface area contributed by atoms with Crippen molar-refractivity contribution in [1.29, 1.82) is 0 Å². The lowest BCUT2D eigenvalue weighted by molar-refractivity contribution is -0.137. The molecule has 0 aromatic heterocycles. The Hall–Kier alpha value is -2.04. The molecule has 1 aliphatic carbocycles. The summed E-state index contributed by atoms with van der Waals surface area (Å²) in [5, 5.41) is 2.91. The first-order valence-electron chi connectivity index (χ1n) is 6.99. The van der Waals surface area contributed by atoms with Gasteiger partial charge in [0.25, 0.3) is 0 Å². The Labute approximate surface area is 127 Å². The first-order chi connectivity index (χ1) is 10.2.